The molecule has 5 nitrogen and oxygen atoms in total. The minimum Gasteiger partial charge on any atom is -0.370 e. The molecule has 2 aliphatic rings. The van der Waals surface area contributed by atoms with E-state index >= 15 is 0 Å². The van der Waals surface area contributed by atoms with Gasteiger partial charge in [-0.3, -0.25) is 9.59 Å². The Morgan fingerprint density at radius 3 is 2.59 bits per heavy atom. The van der Waals surface area contributed by atoms with Gasteiger partial charge in [0.1, 0.15) is 0 Å². The second-order valence-corrected chi connectivity index (χ2v) is 5.91. The molecular formula is C12H21N3O2. The molecule has 2 amide bonds. The number of primary amides is 1. The first-order valence-electron chi connectivity index (χ1n) is 6.24. The zero-order chi connectivity index (χ0) is 12.6. The first-order valence-corrected chi connectivity index (χ1v) is 6.24. The number of carbonyl (C=O) groups excluding carboxylic acids is 2. The van der Waals surface area contributed by atoms with Gasteiger partial charge in [0.05, 0.1) is 5.92 Å². The average Bonchev–Trinajstić information content (AvgIpc) is 2.74. The van der Waals surface area contributed by atoms with Crippen LogP contribution >= 0.6 is 0 Å². The zero-order valence-corrected chi connectivity index (χ0v) is 10.5. The highest BCUT2D eigenvalue weighted by atomic mass is 16.2. The molecule has 0 aromatic carbocycles. The number of hydrogen-bond acceptors (Lipinski definition) is 3. The smallest absolute Gasteiger partial charge is 0.225 e. The topological polar surface area (TPSA) is 84.2 Å². The summed E-state index contributed by atoms with van der Waals surface area (Å²) >= 11 is 0. The van der Waals surface area contributed by atoms with E-state index in [2.05, 4.69) is 10.6 Å². The lowest BCUT2D eigenvalue weighted by Crippen LogP contribution is -2.50. The Labute approximate surface area is 102 Å². The van der Waals surface area contributed by atoms with Crippen LogP contribution in [0.1, 0.15) is 39.5 Å². The zero-order valence-electron chi connectivity index (χ0n) is 10.5. The molecular weight excluding hydrogens is 218 g/mol. The lowest BCUT2D eigenvalue weighted by Gasteiger charge is -2.28. The van der Waals surface area contributed by atoms with Crippen LogP contribution in [0.25, 0.3) is 0 Å². The highest BCUT2D eigenvalue weighted by Crippen LogP contribution is 2.33. The van der Waals surface area contributed by atoms with Crippen molar-refractivity contribution < 1.29 is 9.59 Å². The quantitative estimate of drug-likeness (QED) is 0.640. The van der Waals surface area contributed by atoms with Gasteiger partial charge in [-0.2, -0.15) is 0 Å². The molecule has 0 aromatic heterocycles. The number of nitrogens with one attached hydrogen (secondary N) is 2. The first kappa shape index (κ1) is 12.4. The Morgan fingerprint density at radius 2 is 2.12 bits per heavy atom. The Bertz CT molecular complexity index is 341. The summed E-state index contributed by atoms with van der Waals surface area (Å²) in [7, 11) is 0. The summed E-state index contributed by atoms with van der Waals surface area (Å²) in [5.41, 5.74) is 4.61. The van der Waals surface area contributed by atoms with Crippen molar-refractivity contribution in [3.8, 4) is 0 Å². The van der Waals surface area contributed by atoms with Gasteiger partial charge in [-0.05, 0) is 33.1 Å². The van der Waals surface area contributed by atoms with Crippen LogP contribution in [0.15, 0.2) is 0 Å². The molecule has 0 spiro atoms. The SMILES string of the molecule is CC(C)(CC(N)=O)NC(=O)C1CC2CCC1N2. The van der Waals surface area contributed by atoms with Crippen LogP contribution in [0.5, 0.6) is 0 Å². The maximum atomic E-state index is 12.1. The summed E-state index contributed by atoms with van der Waals surface area (Å²) in [6.07, 6.45) is 3.36. The van der Waals surface area contributed by atoms with Gasteiger partial charge in [-0.15, -0.1) is 0 Å². The molecule has 2 fully saturated rings. The van der Waals surface area contributed by atoms with Crippen molar-refractivity contribution in [2.45, 2.75) is 57.2 Å². The van der Waals surface area contributed by atoms with E-state index in [0.717, 1.165) is 12.8 Å². The number of carbonyl (C=O) groups is 2. The summed E-state index contributed by atoms with van der Waals surface area (Å²) in [6.45, 7) is 3.66. The first-order chi connectivity index (χ1) is 7.87. The van der Waals surface area contributed by atoms with Crippen molar-refractivity contribution in [3.63, 3.8) is 0 Å². The lowest BCUT2D eigenvalue weighted by atomic mass is 9.87. The monoisotopic (exact) mass is 239 g/mol. The molecule has 2 heterocycles. The van der Waals surface area contributed by atoms with E-state index in [4.69, 9.17) is 5.73 Å². The third kappa shape index (κ3) is 2.77. The molecule has 2 saturated heterocycles. The number of amides is 2. The van der Waals surface area contributed by atoms with E-state index in [-0.39, 0.29) is 24.2 Å². The largest absolute Gasteiger partial charge is 0.370 e. The van der Waals surface area contributed by atoms with E-state index < -0.39 is 5.54 Å². The summed E-state index contributed by atoms with van der Waals surface area (Å²) in [6, 6.07) is 0.833. The van der Waals surface area contributed by atoms with E-state index in [9.17, 15) is 9.59 Å². The van der Waals surface area contributed by atoms with Gasteiger partial charge in [0.15, 0.2) is 0 Å². The highest BCUT2D eigenvalue weighted by molar-refractivity contribution is 5.82. The molecule has 0 aliphatic carbocycles. The minimum atomic E-state index is -0.551. The fraction of sp³-hybridized carbons (Fsp3) is 0.833. The fourth-order valence-electron chi connectivity index (χ4n) is 3.02. The lowest BCUT2D eigenvalue weighted by molar-refractivity contribution is -0.127. The highest BCUT2D eigenvalue weighted by Gasteiger charge is 2.43. The Hall–Kier alpha value is -1.10. The van der Waals surface area contributed by atoms with Crippen molar-refractivity contribution in [1.29, 1.82) is 0 Å². The predicted octanol–water partition coefficient (Wildman–Crippen LogP) is -0.103. The van der Waals surface area contributed by atoms with Crippen molar-refractivity contribution in [2.75, 3.05) is 0 Å². The van der Waals surface area contributed by atoms with E-state index in [1.165, 1.54) is 6.42 Å². The van der Waals surface area contributed by atoms with Gasteiger partial charge >= 0.3 is 0 Å². The minimum absolute atomic E-state index is 0.0518. The van der Waals surface area contributed by atoms with Gasteiger partial charge < -0.3 is 16.4 Å². The molecule has 2 rings (SSSR count). The standard InChI is InChI=1S/C12H21N3O2/c1-12(2,6-10(13)16)15-11(17)8-5-7-3-4-9(8)14-7/h7-9,14H,3-6H2,1-2H3,(H2,13,16)(H,15,17). The van der Waals surface area contributed by atoms with Crippen molar-refractivity contribution in [2.24, 2.45) is 11.7 Å². The molecule has 5 heteroatoms. The Balaban J connectivity index is 1.91. The molecule has 0 radical (unpaired) electrons. The third-order valence-electron chi connectivity index (χ3n) is 3.71. The normalized spacial score (nSPS) is 31.5. The second kappa shape index (κ2) is 4.29. The third-order valence-corrected chi connectivity index (χ3v) is 3.71. The van der Waals surface area contributed by atoms with Crippen molar-refractivity contribution >= 4 is 11.8 Å². The number of rotatable bonds is 4. The number of hydrogen-bond donors (Lipinski definition) is 3. The molecule has 3 atom stereocenters. The maximum absolute atomic E-state index is 12.1. The van der Waals surface area contributed by atoms with Crippen LogP contribution in [0.3, 0.4) is 0 Å². The molecule has 0 saturated carbocycles. The van der Waals surface area contributed by atoms with Crippen LogP contribution < -0.4 is 16.4 Å². The molecule has 4 N–H and O–H groups in total. The van der Waals surface area contributed by atoms with Crippen LogP contribution in [-0.2, 0) is 9.59 Å². The van der Waals surface area contributed by atoms with E-state index in [0.29, 0.717) is 12.1 Å². The van der Waals surface area contributed by atoms with E-state index in [1.807, 2.05) is 13.8 Å². The number of nitrogens with two attached hydrogens (primary N) is 1. The van der Waals surface area contributed by atoms with Crippen LogP contribution in [0.4, 0.5) is 0 Å². The molecule has 96 valence electrons. The summed E-state index contributed by atoms with van der Waals surface area (Å²) < 4.78 is 0. The van der Waals surface area contributed by atoms with Crippen molar-refractivity contribution in [3.05, 3.63) is 0 Å². The van der Waals surface area contributed by atoms with Gasteiger partial charge in [0, 0.05) is 24.0 Å². The number of fused-ring (bicyclic) bond motifs is 2. The van der Waals surface area contributed by atoms with E-state index in [1.54, 1.807) is 0 Å². The van der Waals surface area contributed by atoms with Gasteiger partial charge in [-0.25, -0.2) is 0 Å². The fourth-order valence-corrected chi connectivity index (χ4v) is 3.02. The second-order valence-electron chi connectivity index (χ2n) is 5.91. The molecule has 2 bridgehead atoms. The predicted molar refractivity (Wildman–Crippen MR) is 64.1 cm³/mol. The van der Waals surface area contributed by atoms with Gasteiger partial charge in [-0.1, -0.05) is 0 Å². The molecule has 2 aliphatic heterocycles. The van der Waals surface area contributed by atoms with Gasteiger partial charge in [0.25, 0.3) is 0 Å². The van der Waals surface area contributed by atoms with Crippen LogP contribution in [-0.4, -0.2) is 29.4 Å². The molecule has 17 heavy (non-hydrogen) atoms. The van der Waals surface area contributed by atoms with Gasteiger partial charge in [0.2, 0.25) is 11.8 Å². The molecule has 3 unspecified atom stereocenters. The maximum Gasteiger partial charge on any atom is 0.225 e. The summed E-state index contributed by atoms with van der Waals surface area (Å²) in [5.74, 6) is -0.279. The Morgan fingerprint density at radius 1 is 1.41 bits per heavy atom. The molecule has 0 aromatic rings. The summed E-state index contributed by atoms with van der Waals surface area (Å²) in [4.78, 5) is 23.0. The Kier molecular flexibility index (Phi) is 3.12. The van der Waals surface area contributed by atoms with Crippen LogP contribution in [0, 0.1) is 5.92 Å². The summed E-state index contributed by atoms with van der Waals surface area (Å²) in [5, 5.41) is 6.37. The average molecular weight is 239 g/mol. The van der Waals surface area contributed by atoms with Crippen molar-refractivity contribution in [1.82, 2.24) is 10.6 Å². The van der Waals surface area contributed by atoms with Crippen LogP contribution in [0.2, 0.25) is 0 Å².